The van der Waals surface area contributed by atoms with Crippen LogP contribution in [0.25, 0.3) is 0 Å². The molecule has 0 aromatic rings. The van der Waals surface area contributed by atoms with E-state index >= 15 is 0 Å². The molecule has 2 aliphatic rings. The molecular formula is C10H19N. The zero-order valence-corrected chi connectivity index (χ0v) is 7.26. The monoisotopic (exact) mass is 153 g/mol. The Morgan fingerprint density at radius 3 is 2.27 bits per heavy atom. The van der Waals surface area contributed by atoms with Gasteiger partial charge in [-0.1, -0.05) is 19.3 Å². The minimum absolute atomic E-state index is 0.905. The Hall–Kier alpha value is -0.0400. The van der Waals surface area contributed by atoms with Gasteiger partial charge >= 0.3 is 0 Å². The molecule has 0 amide bonds. The Kier molecular flexibility index (Phi) is 2.17. The molecule has 2 aliphatic carbocycles. The van der Waals surface area contributed by atoms with E-state index < -0.39 is 0 Å². The molecule has 0 saturated heterocycles. The van der Waals surface area contributed by atoms with Crippen molar-refractivity contribution in [2.45, 2.75) is 38.5 Å². The van der Waals surface area contributed by atoms with Gasteiger partial charge in [-0.25, -0.2) is 0 Å². The number of rotatable bonds is 3. The third kappa shape index (κ3) is 1.44. The lowest BCUT2D eigenvalue weighted by molar-refractivity contribution is 0.0709. The van der Waals surface area contributed by atoms with Crippen LogP contribution in [0, 0.1) is 17.8 Å². The highest BCUT2D eigenvalue weighted by Crippen LogP contribution is 2.47. The summed E-state index contributed by atoms with van der Waals surface area (Å²) in [5, 5.41) is 0. The van der Waals surface area contributed by atoms with Crippen molar-refractivity contribution < 1.29 is 0 Å². The molecule has 0 heterocycles. The second-order valence-corrected chi connectivity index (χ2v) is 4.37. The van der Waals surface area contributed by atoms with Crippen LogP contribution in [0.15, 0.2) is 0 Å². The van der Waals surface area contributed by atoms with Crippen LogP contribution in [-0.4, -0.2) is 6.54 Å². The topological polar surface area (TPSA) is 26.0 Å². The molecule has 0 atom stereocenters. The van der Waals surface area contributed by atoms with Crippen LogP contribution >= 0.6 is 0 Å². The van der Waals surface area contributed by atoms with E-state index in [0.29, 0.717) is 0 Å². The van der Waals surface area contributed by atoms with Crippen molar-refractivity contribution >= 4 is 0 Å². The zero-order valence-electron chi connectivity index (χ0n) is 7.26. The van der Waals surface area contributed by atoms with Crippen LogP contribution in [0.3, 0.4) is 0 Å². The standard InChI is InChI=1S/C10H19N/c11-5-4-8-6-10(7-8)9-2-1-3-9/h8-10H,1-7,11H2. The van der Waals surface area contributed by atoms with Gasteiger partial charge in [0.2, 0.25) is 0 Å². The van der Waals surface area contributed by atoms with Gasteiger partial charge in [0.1, 0.15) is 0 Å². The van der Waals surface area contributed by atoms with Crippen LogP contribution in [0.4, 0.5) is 0 Å². The number of hydrogen-bond acceptors (Lipinski definition) is 1. The van der Waals surface area contributed by atoms with Crippen molar-refractivity contribution in [2.24, 2.45) is 23.5 Å². The molecule has 2 fully saturated rings. The predicted octanol–water partition coefficient (Wildman–Crippen LogP) is 2.16. The third-order valence-electron chi connectivity index (χ3n) is 3.66. The van der Waals surface area contributed by atoms with E-state index in [1.165, 1.54) is 38.5 Å². The Morgan fingerprint density at radius 1 is 1.09 bits per heavy atom. The highest BCUT2D eigenvalue weighted by Gasteiger charge is 2.36. The molecule has 0 aromatic heterocycles. The molecule has 11 heavy (non-hydrogen) atoms. The molecule has 0 aliphatic heterocycles. The van der Waals surface area contributed by atoms with Crippen molar-refractivity contribution in [1.29, 1.82) is 0 Å². The normalized spacial score (nSPS) is 37.9. The highest BCUT2D eigenvalue weighted by atomic mass is 14.5. The fourth-order valence-corrected chi connectivity index (χ4v) is 2.55. The molecule has 0 aromatic carbocycles. The second-order valence-electron chi connectivity index (χ2n) is 4.37. The summed E-state index contributed by atoms with van der Waals surface area (Å²) in [5.41, 5.74) is 5.51. The molecule has 2 N–H and O–H groups in total. The van der Waals surface area contributed by atoms with Crippen LogP contribution in [-0.2, 0) is 0 Å². The van der Waals surface area contributed by atoms with Crippen LogP contribution < -0.4 is 5.73 Å². The maximum atomic E-state index is 5.51. The fourth-order valence-electron chi connectivity index (χ4n) is 2.55. The summed E-state index contributed by atoms with van der Waals surface area (Å²) in [4.78, 5) is 0. The lowest BCUT2D eigenvalue weighted by Crippen LogP contribution is -2.34. The average molecular weight is 153 g/mol. The SMILES string of the molecule is NCCC1CC(C2CCC2)C1. The summed E-state index contributed by atoms with van der Waals surface area (Å²) in [7, 11) is 0. The van der Waals surface area contributed by atoms with Crippen molar-refractivity contribution in [3.05, 3.63) is 0 Å². The van der Waals surface area contributed by atoms with Gasteiger partial charge in [-0.05, 0) is 43.6 Å². The Balaban J connectivity index is 1.63. The maximum absolute atomic E-state index is 5.51. The molecular weight excluding hydrogens is 134 g/mol. The largest absolute Gasteiger partial charge is 0.330 e. The Bertz CT molecular complexity index is 123. The van der Waals surface area contributed by atoms with E-state index in [9.17, 15) is 0 Å². The predicted molar refractivity (Wildman–Crippen MR) is 47.2 cm³/mol. The Morgan fingerprint density at radius 2 is 1.82 bits per heavy atom. The first-order chi connectivity index (χ1) is 5.40. The molecule has 2 rings (SSSR count). The lowest BCUT2D eigenvalue weighted by Gasteiger charge is -2.44. The van der Waals surface area contributed by atoms with E-state index in [-0.39, 0.29) is 0 Å². The first-order valence-corrected chi connectivity index (χ1v) is 5.10. The summed E-state index contributed by atoms with van der Waals surface area (Å²) >= 11 is 0. The smallest absolute Gasteiger partial charge is 0.00746 e. The zero-order chi connectivity index (χ0) is 7.68. The highest BCUT2D eigenvalue weighted by molar-refractivity contribution is 4.87. The van der Waals surface area contributed by atoms with Crippen LogP contribution in [0.1, 0.15) is 38.5 Å². The fraction of sp³-hybridized carbons (Fsp3) is 1.00. The maximum Gasteiger partial charge on any atom is -0.00746 e. The quantitative estimate of drug-likeness (QED) is 0.660. The van der Waals surface area contributed by atoms with Crippen LogP contribution in [0.2, 0.25) is 0 Å². The summed E-state index contributed by atoms with van der Waals surface area (Å²) in [6.07, 6.45) is 8.84. The summed E-state index contributed by atoms with van der Waals surface area (Å²) in [6, 6.07) is 0. The van der Waals surface area contributed by atoms with Crippen molar-refractivity contribution in [2.75, 3.05) is 6.54 Å². The van der Waals surface area contributed by atoms with Gasteiger partial charge in [0, 0.05) is 0 Å². The summed E-state index contributed by atoms with van der Waals surface area (Å²) in [6.45, 7) is 0.905. The van der Waals surface area contributed by atoms with Gasteiger partial charge in [0.15, 0.2) is 0 Å². The van der Waals surface area contributed by atoms with E-state index in [1.54, 1.807) is 0 Å². The molecule has 1 heteroatoms. The molecule has 2 saturated carbocycles. The van der Waals surface area contributed by atoms with E-state index in [1.807, 2.05) is 0 Å². The summed E-state index contributed by atoms with van der Waals surface area (Å²) < 4.78 is 0. The molecule has 0 spiro atoms. The second kappa shape index (κ2) is 3.14. The third-order valence-corrected chi connectivity index (χ3v) is 3.66. The van der Waals surface area contributed by atoms with Gasteiger partial charge in [-0.3, -0.25) is 0 Å². The lowest BCUT2D eigenvalue weighted by atomic mass is 9.62. The van der Waals surface area contributed by atoms with E-state index in [2.05, 4.69) is 0 Å². The van der Waals surface area contributed by atoms with Crippen molar-refractivity contribution in [1.82, 2.24) is 0 Å². The minimum Gasteiger partial charge on any atom is -0.330 e. The average Bonchev–Trinajstić information content (AvgIpc) is 1.79. The molecule has 64 valence electrons. The number of hydrogen-bond donors (Lipinski definition) is 1. The first-order valence-electron chi connectivity index (χ1n) is 5.10. The number of nitrogens with two attached hydrogens (primary N) is 1. The first kappa shape index (κ1) is 7.60. The van der Waals surface area contributed by atoms with Gasteiger partial charge in [0.25, 0.3) is 0 Å². The Labute approximate surface area is 69.4 Å². The van der Waals surface area contributed by atoms with E-state index in [0.717, 1.165) is 24.3 Å². The molecule has 0 bridgehead atoms. The van der Waals surface area contributed by atoms with Crippen molar-refractivity contribution in [3.63, 3.8) is 0 Å². The molecule has 0 radical (unpaired) electrons. The van der Waals surface area contributed by atoms with Gasteiger partial charge in [-0.15, -0.1) is 0 Å². The van der Waals surface area contributed by atoms with Crippen LogP contribution in [0.5, 0.6) is 0 Å². The van der Waals surface area contributed by atoms with Gasteiger partial charge in [0.05, 0.1) is 0 Å². The molecule has 0 unspecified atom stereocenters. The van der Waals surface area contributed by atoms with E-state index in [4.69, 9.17) is 5.73 Å². The summed E-state index contributed by atoms with van der Waals surface area (Å²) in [5.74, 6) is 3.25. The minimum atomic E-state index is 0.905. The molecule has 1 nitrogen and oxygen atoms in total. The van der Waals surface area contributed by atoms with Gasteiger partial charge < -0.3 is 5.73 Å². The van der Waals surface area contributed by atoms with Crippen molar-refractivity contribution in [3.8, 4) is 0 Å². The van der Waals surface area contributed by atoms with Gasteiger partial charge in [-0.2, -0.15) is 0 Å².